The fourth-order valence-electron chi connectivity index (χ4n) is 4.10. The van der Waals surface area contributed by atoms with E-state index in [1.165, 1.54) is 10.4 Å². The number of carbonyl (C=O) groups is 1. The molecule has 1 heterocycles. The molecule has 35 heavy (non-hydrogen) atoms. The first-order valence-electron chi connectivity index (χ1n) is 11.4. The maximum Gasteiger partial charge on any atom is 0.430 e. The van der Waals surface area contributed by atoms with Gasteiger partial charge in [0.05, 0.1) is 13.2 Å². The lowest BCUT2D eigenvalue weighted by molar-refractivity contribution is -0.666. The molecule has 0 bridgehead atoms. The van der Waals surface area contributed by atoms with E-state index in [0.717, 1.165) is 6.54 Å². The molecule has 1 aliphatic rings. The molecule has 0 saturated carbocycles. The van der Waals surface area contributed by atoms with Crippen molar-refractivity contribution in [1.82, 2.24) is 0 Å². The van der Waals surface area contributed by atoms with Gasteiger partial charge in [0, 0.05) is 0 Å². The second kappa shape index (κ2) is 11.7. The van der Waals surface area contributed by atoms with E-state index in [1.807, 2.05) is 6.92 Å². The van der Waals surface area contributed by atoms with Gasteiger partial charge in [-0.3, -0.25) is 0 Å². The average Bonchev–Trinajstić information content (AvgIpc) is 2.95. The highest BCUT2D eigenvalue weighted by Crippen LogP contribution is 2.36. The van der Waals surface area contributed by atoms with E-state index in [2.05, 4.69) is 86.8 Å². The first kappa shape index (κ1) is 29.0. The van der Waals surface area contributed by atoms with Gasteiger partial charge in [-0.25, -0.2) is 0 Å². The number of nitrogens with two attached hydrogens (primary N) is 1. The van der Waals surface area contributed by atoms with Gasteiger partial charge in [0.1, 0.15) is 30.8 Å². The summed E-state index contributed by atoms with van der Waals surface area (Å²) in [7, 11) is -2.54. The maximum atomic E-state index is 10.5. The number of benzene rings is 2. The summed E-state index contributed by atoms with van der Waals surface area (Å²) in [4.78, 5) is 8.78. The van der Waals surface area contributed by atoms with Crippen LogP contribution >= 0.6 is 0 Å². The Morgan fingerprint density at radius 2 is 1.57 bits per heavy atom. The molecule has 2 aromatic carbocycles. The average molecular weight is 514 g/mol. The topological polar surface area (TPSA) is 95.4 Å². The fourth-order valence-corrected chi connectivity index (χ4v) is 8.69. The van der Waals surface area contributed by atoms with E-state index in [9.17, 15) is 18.3 Å². The Hall–Kier alpha value is -2.24. The number of carboxylic acids is 1. The molecule has 0 spiro atoms. The van der Waals surface area contributed by atoms with Crippen LogP contribution in [-0.2, 0) is 14.0 Å². The van der Waals surface area contributed by atoms with E-state index >= 15 is 0 Å². The predicted molar refractivity (Wildman–Crippen MR) is 127 cm³/mol. The van der Waals surface area contributed by atoms with Crippen molar-refractivity contribution in [2.24, 2.45) is 0 Å². The van der Waals surface area contributed by atoms with Gasteiger partial charge in [-0.2, -0.15) is 13.2 Å². The third kappa shape index (κ3) is 7.87. The number of halogens is 3. The number of carboxylic acid groups (broad SMARTS) is 1. The van der Waals surface area contributed by atoms with Crippen molar-refractivity contribution in [1.29, 1.82) is 0 Å². The summed E-state index contributed by atoms with van der Waals surface area (Å²) in [6, 6.07) is 21.3. The van der Waals surface area contributed by atoms with Crippen LogP contribution in [0, 0.1) is 0 Å². The standard InChI is InChI=1S/C23H33NO3Si.C2HF3O2/c1-22(2,3)28(20-11-7-5-8-12-20,21-13-9-6-10-14-21)27-16-19-15-24-17-23(4,25)18-26-19;3-2(4,5)1(6)7/h5-14,19,24-25H,15-18H2,1-4H3;(H,6,7)/t19-,23+;/m1./s1. The van der Waals surface area contributed by atoms with Crippen LogP contribution in [0.4, 0.5) is 13.2 Å². The van der Waals surface area contributed by atoms with Gasteiger partial charge in [-0.1, -0.05) is 81.4 Å². The van der Waals surface area contributed by atoms with E-state index in [-0.39, 0.29) is 11.1 Å². The van der Waals surface area contributed by atoms with Gasteiger partial charge in [0.2, 0.25) is 0 Å². The Kier molecular flexibility index (Phi) is 9.66. The van der Waals surface area contributed by atoms with E-state index in [0.29, 0.717) is 19.8 Å². The predicted octanol–water partition coefficient (Wildman–Crippen LogP) is 0.575. The van der Waals surface area contributed by atoms with Crippen LogP contribution in [0.2, 0.25) is 5.04 Å². The molecule has 6 nitrogen and oxygen atoms in total. The summed E-state index contributed by atoms with van der Waals surface area (Å²) in [5.74, 6) is -3.01. The molecule has 3 N–H and O–H groups in total. The molecule has 1 saturated heterocycles. The lowest BCUT2D eigenvalue weighted by Crippen LogP contribution is -2.89. The number of carbonyl (C=O) groups excluding carboxylic acids is 1. The van der Waals surface area contributed by atoms with Gasteiger partial charge in [-0.15, -0.1) is 0 Å². The van der Waals surface area contributed by atoms with Crippen molar-refractivity contribution in [3.05, 3.63) is 60.7 Å². The quantitative estimate of drug-likeness (QED) is 0.571. The number of aliphatic hydroxyl groups is 1. The van der Waals surface area contributed by atoms with Crippen LogP contribution < -0.4 is 20.8 Å². The first-order valence-corrected chi connectivity index (χ1v) is 13.3. The minimum atomic E-state index is -5.19. The van der Waals surface area contributed by atoms with Crippen LogP contribution in [0.25, 0.3) is 0 Å². The third-order valence-corrected chi connectivity index (χ3v) is 10.8. The van der Waals surface area contributed by atoms with Crippen molar-refractivity contribution in [3.63, 3.8) is 0 Å². The lowest BCUT2D eigenvalue weighted by Gasteiger charge is -2.43. The zero-order valence-corrected chi connectivity index (χ0v) is 21.5. The number of rotatable bonds is 5. The number of alkyl halides is 3. The SMILES string of the molecule is CC(C)(C)[Si](OC[C@H]1C[NH2+]C[C@](C)(O)CO1)(c1ccccc1)c1ccccc1.O=C([O-])C(F)(F)F. The maximum absolute atomic E-state index is 10.5. The second-order valence-corrected chi connectivity index (χ2v) is 14.2. The van der Waals surface area contributed by atoms with Gasteiger partial charge in [0.15, 0.2) is 0 Å². The van der Waals surface area contributed by atoms with Gasteiger partial charge >= 0.3 is 6.18 Å². The van der Waals surface area contributed by atoms with Crippen molar-refractivity contribution in [2.75, 3.05) is 26.3 Å². The van der Waals surface area contributed by atoms with Gasteiger partial charge in [0.25, 0.3) is 8.32 Å². The Labute approximate surface area is 205 Å². The number of hydrogen-bond donors (Lipinski definition) is 2. The summed E-state index contributed by atoms with van der Waals surface area (Å²) >= 11 is 0. The molecule has 0 unspecified atom stereocenters. The van der Waals surface area contributed by atoms with Crippen molar-refractivity contribution < 1.29 is 42.7 Å². The molecule has 0 aromatic heterocycles. The van der Waals surface area contributed by atoms with E-state index < -0.39 is 26.1 Å². The van der Waals surface area contributed by atoms with Crippen molar-refractivity contribution in [2.45, 2.75) is 50.6 Å². The first-order chi connectivity index (χ1) is 16.2. The highest BCUT2D eigenvalue weighted by Gasteiger charge is 2.50. The van der Waals surface area contributed by atoms with Gasteiger partial charge < -0.3 is 29.5 Å². The molecule has 1 aliphatic heterocycles. The fraction of sp³-hybridized carbons (Fsp3) is 0.480. The van der Waals surface area contributed by atoms with Crippen molar-refractivity contribution in [3.8, 4) is 0 Å². The van der Waals surface area contributed by atoms with Crippen LogP contribution in [-0.4, -0.2) is 63.6 Å². The number of aliphatic carboxylic acids is 1. The third-order valence-electron chi connectivity index (χ3n) is 5.78. The minimum absolute atomic E-state index is 0.0318. The molecule has 10 heteroatoms. The van der Waals surface area contributed by atoms with E-state index in [1.54, 1.807) is 0 Å². The Balaban J connectivity index is 0.000000540. The number of ether oxygens (including phenoxy) is 1. The zero-order chi connectivity index (χ0) is 26.3. The molecule has 0 amide bonds. The molecule has 1 fully saturated rings. The molecule has 3 rings (SSSR count). The largest absolute Gasteiger partial charge is 0.542 e. The molecular weight excluding hydrogens is 479 g/mol. The summed E-state index contributed by atoms with van der Waals surface area (Å²) < 4.78 is 44.5. The molecule has 194 valence electrons. The minimum Gasteiger partial charge on any atom is -0.542 e. The number of quaternary nitrogens is 1. The highest BCUT2D eigenvalue weighted by atomic mass is 28.4. The zero-order valence-electron chi connectivity index (χ0n) is 20.5. The normalized spacial score (nSPS) is 21.4. The monoisotopic (exact) mass is 513 g/mol. The Bertz CT molecular complexity index is 894. The summed E-state index contributed by atoms with van der Waals surface area (Å²) in [5, 5.41) is 23.7. The molecule has 0 radical (unpaired) electrons. The molecule has 2 aromatic rings. The molecule has 0 aliphatic carbocycles. The van der Waals surface area contributed by atoms with Crippen LogP contribution in [0.5, 0.6) is 0 Å². The Morgan fingerprint density at radius 1 is 1.11 bits per heavy atom. The number of hydrogen-bond acceptors (Lipinski definition) is 5. The van der Waals surface area contributed by atoms with Crippen LogP contribution in [0.1, 0.15) is 27.7 Å². The molecular formula is C25H34F3NO5Si. The smallest absolute Gasteiger partial charge is 0.430 e. The summed E-state index contributed by atoms with van der Waals surface area (Å²) in [5.41, 5.74) is -0.786. The summed E-state index contributed by atoms with van der Waals surface area (Å²) in [6.45, 7) is 11.0. The van der Waals surface area contributed by atoms with Crippen LogP contribution in [0.15, 0.2) is 60.7 Å². The highest BCUT2D eigenvalue weighted by molar-refractivity contribution is 6.99. The van der Waals surface area contributed by atoms with Crippen LogP contribution in [0.3, 0.4) is 0 Å². The van der Waals surface area contributed by atoms with E-state index in [4.69, 9.17) is 19.1 Å². The Morgan fingerprint density at radius 3 is 1.97 bits per heavy atom. The second-order valence-electron chi connectivity index (χ2n) is 9.92. The lowest BCUT2D eigenvalue weighted by atomic mass is 10.1. The summed E-state index contributed by atoms with van der Waals surface area (Å²) in [6.07, 6.45) is -5.23. The molecule has 2 atom stereocenters. The van der Waals surface area contributed by atoms with Gasteiger partial charge in [-0.05, 0) is 22.3 Å². The van der Waals surface area contributed by atoms with Crippen molar-refractivity contribution >= 4 is 24.7 Å².